The summed E-state index contributed by atoms with van der Waals surface area (Å²) in [6.07, 6.45) is -0.311. The number of nitrogens with zero attached hydrogens (tertiary/aromatic N) is 1. The number of nitroso groups, excluding NO2 is 1. The molecule has 0 N–H and O–H groups in total. The first-order chi connectivity index (χ1) is 8.31. The standard InChI is InChI=1S/C11H12BNO4/c1-7-2-3-8-11-10(7)9(6-13-14)17-12(11)16-5-4-15-8/h2-3,9H,4-6H2,1H3. The Labute approximate surface area is 99.2 Å². The summed E-state index contributed by atoms with van der Waals surface area (Å²) in [5.74, 6) is 0.793. The summed E-state index contributed by atoms with van der Waals surface area (Å²) in [6, 6.07) is 3.90. The van der Waals surface area contributed by atoms with Crippen LogP contribution in [0.25, 0.3) is 0 Å². The summed E-state index contributed by atoms with van der Waals surface area (Å²) < 4.78 is 16.9. The van der Waals surface area contributed by atoms with Gasteiger partial charge in [0.1, 0.15) is 18.9 Å². The van der Waals surface area contributed by atoms with E-state index in [0.717, 1.165) is 22.3 Å². The highest BCUT2D eigenvalue weighted by molar-refractivity contribution is 6.64. The average molecular weight is 233 g/mol. The van der Waals surface area contributed by atoms with Crippen LogP contribution in [0.4, 0.5) is 0 Å². The van der Waals surface area contributed by atoms with Gasteiger partial charge in [-0.05, 0) is 24.1 Å². The van der Waals surface area contributed by atoms with Crippen LogP contribution in [-0.2, 0) is 9.31 Å². The molecule has 2 aliphatic rings. The Balaban J connectivity index is 2.13. The summed E-state index contributed by atoms with van der Waals surface area (Å²) in [7, 11) is -0.422. The van der Waals surface area contributed by atoms with Crippen LogP contribution in [0.3, 0.4) is 0 Å². The molecule has 6 heteroatoms. The van der Waals surface area contributed by atoms with Gasteiger partial charge in [-0.15, -0.1) is 0 Å². The van der Waals surface area contributed by atoms with Crippen molar-refractivity contribution in [3.05, 3.63) is 28.2 Å². The van der Waals surface area contributed by atoms with Gasteiger partial charge >= 0.3 is 7.12 Å². The number of hydrogen-bond acceptors (Lipinski definition) is 5. The van der Waals surface area contributed by atoms with Crippen molar-refractivity contribution >= 4 is 12.6 Å². The smallest absolute Gasteiger partial charge is 0.492 e. The molecule has 0 fully saturated rings. The van der Waals surface area contributed by atoms with Gasteiger partial charge < -0.3 is 14.0 Å². The molecule has 0 radical (unpaired) electrons. The second-order valence-corrected chi connectivity index (χ2v) is 4.20. The molecule has 1 atom stereocenters. The van der Waals surface area contributed by atoms with Crippen molar-refractivity contribution in [1.82, 2.24) is 0 Å². The van der Waals surface area contributed by atoms with E-state index in [9.17, 15) is 4.91 Å². The number of benzene rings is 1. The van der Waals surface area contributed by atoms with Gasteiger partial charge in [0.2, 0.25) is 0 Å². The van der Waals surface area contributed by atoms with E-state index >= 15 is 0 Å². The summed E-state index contributed by atoms with van der Waals surface area (Å²) in [4.78, 5) is 10.4. The van der Waals surface area contributed by atoms with Crippen LogP contribution in [-0.4, -0.2) is 26.9 Å². The lowest BCUT2D eigenvalue weighted by atomic mass is 9.76. The van der Waals surface area contributed by atoms with E-state index in [1.807, 2.05) is 19.1 Å². The summed E-state index contributed by atoms with van der Waals surface area (Å²) in [5, 5.41) is 2.93. The number of rotatable bonds is 2. The van der Waals surface area contributed by atoms with E-state index in [-0.39, 0.29) is 12.6 Å². The highest BCUT2D eigenvalue weighted by Gasteiger charge is 2.42. The molecular weight excluding hydrogens is 221 g/mol. The Hall–Kier alpha value is -1.40. The molecule has 17 heavy (non-hydrogen) atoms. The minimum atomic E-state index is -0.422. The summed E-state index contributed by atoms with van der Waals surface area (Å²) >= 11 is 0. The highest BCUT2D eigenvalue weighted by Crippen LogP contribution is 2.32. The number of aryl methyl sites for hydroxylation is 1. The molecule has 0 aliphatic carbocycles. The van der Waals surface area contributed by atoms with Gasteiger partial charge in [-0.3, -0.25) is 0 Å². The number of ether oxygens (including phenoxy) is 1. The van der Waals surface area contributed by atoms with Crippen molar-refractivity contribution < 1.29 is 14.0 Å². The second kappa shape index (κ2) is 4.12. The molecule has 3 rings (SSSR count). The molecule has 2 heterocycles. The van der Waals surface area contributed by atoms with Crippen molar-refractivity contribution in [2.24, 2.45) is 5.18 Å². The molecule has 0 amide bonds. The fraction of sp³-hybridized carbons (Fsp3) is 0.455. The monoisotopic (exact) mass is 233 g/mol. The Morgan fingerprint density at radius 1 is 1.47 bits per heavy atom. The molecule has 5 nitrogen and oxygen atoms in total. The van der Waals surface area contributed by atoms with Gasteiger partial charge in [-0.25, -0.2) is 0 Å². The van der Waals surface area contributed by atoms with Gasteiger partial charge in [-0.2, -0.15) is 4.91 Å². The largest absolute Gasteiger partial charge is 0.498 e. The molecule has 1 unspecified atom stereocenters. The predicted molar refractivity (Wildman–Crippen MR) is 62.5 cm³/mol. The van der Waals surface area contributed by atoms with Crippen LogP contribution in [0, 0.1) is 11.8 Å². The zero-order valence-electron chi connectivity index (χ0n) is 9.51. The van der Waals surface area contributed by atoms with Crippen molar-refractivity contribution in [3.63, 3.8) is 0 Å². The third-order valence-electron chi connectivity index (χ3n) is 3.16. The zero-order valence-corrected chi connectivity index (χ0v) is 9.51. The third-order valence-corrected chi connectivity index (χ3v) is 3.16. The van der Waals surface area contributed by atoms with E-state index in [4.69, 9.17) is 14.0 Å². The minimum Gasteiger partial charge on any atom is -0.492 e. The molecule has 1 aromatic carbocycles. The van der Waals surface area contributed by atoms with Crippen LogP contribution < -0.4 is 10.2 Å². The molecule has 0 bridgehead atoms. The van der Waals surface area contributed by atoms with Crippen LogP contribution in [0.1, 0.15) is 17.2 Å². The molecule has 88 valence electrons. The Kier molecular flexibility index (Phi) is 2.60. The maximum atomic E-state index is 10.4. The maximum absolute atomic E-state index is 10.4. The van der Waals surface area contributed by atoms with E-state index in [1.165, 1.54) is 0 Å². The van der Waals surface area contributed by atoms with E-state index in [0.29, 0.717) is 13.2 Å². The second-order valence-electron chi connectivity index (χ2n) is 4.20. The lowest BCUT2D eigenvalue weighted by Crippen LogP contribution is -2.31. The topological polar surface area (TPSA) is 57.1 Å². The van der Waals surface area contributed by atoms with Crippen molar-refractivity contribution in [3.8, 4) is 5.75 Å². The Morgan fingerprint density at radius 3 is 3.18 bits per heavy atom. The molecule has 0 saturated heterocycles. The lowest BCUT2D eigenvalue weighted by Gasteiger charge is -2.13. The fourth-order valence-corrected chi connectivity index (χ4v) is 2.44. The Morgan fingerprint density at radius 2 is 2.35 bits per heavy atom. The quantitative estimate of drug-likeness (QED) is 0.563. The molecule has 0 spiro atoms. The van der Waals surface area contributed by atoms with E-state index < -0.39 is 7.12 Å². The third kappa shape index (κ3) is 1.64. The molecule has 2 aliphatic heterocycles. The highest BCUT2D eigenvalue weighted by atomic mass is 16.6. The molecular formula is C11H12BNO4. The van der Waals surface area contributed by atoms with Crippen LogP contribution in [0.5, 0.6) is 5.75 Å². The molecule has 1 aromatic rings. The van der Waals surface area contributed by atoms with E-state index in [2.05, 4.69) is 5.18 Å². The average Bonchev–Trinajstić information content (AvgIpc) is 2.55. The molecule has 0 saturated carbocycles. The number of hydrogen-bond donors (Lipinski definition) is 0. The SMILES string of the molecule is Cc1ccc2c3c1C(CN=O)OB3OCCO2. The van der Waals surface area contributed by atoms with E-state index in [1.54, 1.807) is 0 Å². The van der Waals surface area contributed by atoms with Crippen molar-refractivity contribution in [1.29, 1.82) is 0 Å². The van der Waals surface area contributed by atoms with Gasteiger partial charge in [0.15, 0.2) is 0 Å². The first-order valence-electron chi connectivity index (χ1n) is 5.63. The van der Waals surface area contributed by atoms with Gasteiger partial charge in [0.25, 0.3) is 0 Å². The van der Waals surface area contributed by atoms with Crippen molar-refractivity contribution in [2.75, 3.05) is 19.8 Å². The van der Waals surface area contributed by atoms with Crippen molar-refractivity contribution in [2.45, 2.75) is 13.0 Å². The van der Waals surface area contributed by atoms with Crippen LogP contribution >= 0.6 is 0 Å². The van der Waals surface area contributed by atoms with Crippen LogP contribution in [0.2, 0.25) is 0 Å². The first kappa shape index (κ1) is 10.7. The first-order valence-corrected chi connectivity index (χ1v) is 5.63. The van der Waals surface area contributed by atoms with Gasteiger partial charge in [-0.1, -0.05) is 11.2 Å². The van der Waals surface area contributed by atoms with Gasteiger partial charge in [0.05, 0.1) is 12.7 Å². The predicted octanol–water partition coefficient (Wildman–Crippen LogP) is 0.937. The molecule has 0 aromatic heterocycles. The zero-order chi connectivity index (χ0) is 11.8. The summed E-state index contributed by atoms with van der Waals surface area (Å²) in [5.41, 5.74) is 3.00. The minimum absolute atomic E-state index is 0.108. The fourth-order valence-electron chi connectivity index (χ4n) is 2.44. The van der Waals surface area contributed by atoms with Crippen LogP contribution in [0.15, 0.2) is 17.3 Å². The Bertz CT molecular complexity index is 465. The lowest BCUT2D eigenvalue weighted by molar-refractivity contribution is 0.147. The maximum Gasteiger partial charge on any atom is 0.498 e. The van der Waals surface area contributed by atoms with Gasteiger partial charge in [0, 0.05) is 5.46 Å². The summed E-state index contributed by atoms with van der Waals surface area (Å²) in [6.45, 7) is 3.10. The normalized spacial score (nSPS) is 21.7.